The van der Waals surface area contributed by atoms with Gasteiger partial charge in [0.25, 0.3) is 0 Å². The maximum absolute atomic E-state index is 13.5. The summed E-state index contributed by atoms with van der Waals surface area (Å²) in [5.74, 6) is -0.111. The van der Waals surface area contributed by atoms with Crippen LogP contribution in [0.2, 0.25) is 0 Å². The van der Waals surface area contributed by atoms with E-state index in [-0.39, 0.29) is 5.82 Å². The second kappa shape index (κ2) is 4.58. The smallest absolute Gasteiger partial charge is 0.130 e. The Morgan fingerprint density at radius 3 is 2.93 bits per heavy atom. The van der Waals surface area contributed by atoms with Crippen molar-refractivity contribution in [3.8, 4) is 0 Å². The van der Waals surface area contributed by atoms with E-state index < -0.39 is 0 Å². The highest BCUT2D eigenvalue weighted by Crippen LogP contribution is 2.25. The maximum Gasteiger partial charge on any atom is 0.130 e. The van der Waals surface area contributed by atoms with E-state index in [1.54, 1.807) is 6.07 Å². The molecular weight excluding hydrogens is 189 g/mol. The molecule has 1 nitrogen and oxygen atoms in total. The molecule has 1 aliphatic rings. The van der Waals surface area contributed by atoms with E-state index in [2.05, 4.69) is 18.3 Å². The maximum atomic E-state index is 13.5. The number of halogens is 1. The summed E-state index contributed by atoms with van der Waals surface area (Å²) >= 11 is 0. The zero-order valence-corrected chi connectivity index (χ0v) is 8.96. The highest BCUT2D eigenvalue weighted by molar-refractivity contribution is 5.67. The van der Waals surface area contributed by atoms with Crippen molar-refractivity contribution in [2.45, 2.75) is 25.8 Å². The molecule has 0 bridgehead atoms. The first-order chi connectivity index (χ1) is 7.31. The van der Waals surface area contributed by atoms with Crippen molar-refractivity contribution >= 4 is 5.57 Å². The van der Waals surface area contributed by atoms with Gasteiger partial charge >= 0.3 is 0 Å². The van der Waals surface area contributed by atoms with Crippen molar-refractivity contribution in [2.75, 3.05) is 6.54 Å². The van der Waals surface area contributed by atoms with Crippen LogP contribution in [-0.4, -0.2) is 12.6 Å². The van der Waals surface area contributed by atoms with Gasteiger partial charge in [-0.3, -0.25) is 0 Å². The number of benzene rings is 1. The summed E-state index contributed by atoms with van der Waals surface area (Å²) in [7, 11) is 0. The van der Waals surface area contributed by atoms with Crippen LogP contribution in [0.4, 0.5) is 4.39 Å². The Morgan fingerprint density at radius 2 is 2.20 bits per heavy atom. The molecule has 0 fully saturated rings. The van der Waals surface area contributed by atoms with Crippen LogP contribution >= 0.6 is 0 Å². The molecule has 2 heteroatoms. The van der Waals surface area contributed by atoms with E-state index in [4.69, 9.17) is 0 Å². The quantitative estimate of drug-likeness (QED) is 0.782. The number of rotatable bonds is 2. The van der Waals surface area contributed by atoms with Crippen molar-refractivity contribution in [3.63, 3.8) is 0 Å². The zero-order chi connectivity index (χ0) is 10.7. The van der Waals surface area contributed by atoms with Crippen LogP contribution < -0.4 is 5.32 Å². The van der Waals surface area contributed by atoms with Crippen LogP contribution in [0.15, 0.2) is 30.3 Å². The van der Waals surface area contributed by atoms with Gasteiger partial charge in [-0.2, -0.15) is 0 Å². The van der Waals surface area contributed by atoms with Gasteiger partial charge in [0.1, 0.15) is 5.82 Å². The number of nitrogens with one attached hydrogen (secondary N) is 1. The summed E-state index contributed by atoms with van der Waals surface area (Å²) in [6.45, 7) is 3.00. The van der Waals surface area contributed by atoms with E-state index in [0.717, 1.165) is 30.5 Å². The first-order valence-corrected chi connectivity index (χ1v) is 5.48. The molecule has 1 atom stereocenters. The SMILES string of the molecule is CCC1CC(c2ccccc2F)=CCN1. The molecule has 80 valence electrons. The molecule has 1 N–H and O–H groups in total. The third-order valence-electron chi connectivity index (χ3n) is 2.93. The molecule has 1 heterocycles. The summed E-state index contributed by atoms with van der Waals surface area (Å²) in [5, 5.41) is 3.39. The minimum atomic E-state index is -0.111. The van der Waals surface area contributed by atoms with Crippen LogP contribution in [0.25, 0.3) is 5.57 Å². The van der Waals surface area contributed by atoms with Crippen molar-refractivity contribution in [3.05, 3.63) is 41.7 Å². The first-order valence-electron chi connectivity index (χ1n) is 5.48. The Hall–Kier alpha value is -1.15. The van der Waals surface area contributed by atoms with Gasteiger partial charge in [0, 0.05) is 18.2 Å². The molecule has 0 spiro atoms. The van der Waals surface area contributed by atoms with Gasteiger partial charge in [-0.15, -0.1) is 0 Å². The Morgan fingerprint density at radius 1 is 1.40 bits per heavy atom. The Balaban J connectivity index is 2.24. The molecule has 0 saturated carbocycles. The Labute approximate surface area is 90.0 Å². The monoisotopic (exact) mass is 205 g/mol. The molecule has 2 rings (SSSR count). The fraction of sp³-hybridized carbons (Fsp3) is 0.385. The van der Waals surface area contributed by atoms with Gasteiger partial charge in [0.15, 0.2) is 0 Å². The highest BCUT2D eigenvalue weighted by Gasteiger charge is 2.15. The largest absolute Gasteiger partial charge is 0.310 e. The summed E-state index contributed by atoms with van der Waals surface area (Å²) in [6.07, 6.45) is 4.10. The average molecular weight is 205 g/mol. The van der Waals surface area contributed by atoms with Gasteiger partial charge < -0.3 is 5.32 Å². The first kappa shape index (κ1) is 10.4. The van der Waals surface area contributed by atoms with Crippen LogP contribution in [0.5, 0.6) is 0 Å². The summed E-state index contributed by atoms with van der Waals surface area (Å²) in [4.78, 5) is 0. The zero-order valence-electron chi connectivity index (χ0n) is 8.96. The lowest BCUT2D eigenvalue weighted by Crippen LogP contribution is -2.32. The predicted molar refractivity (Wildman–Crippen MR) is 61.1 cm³/mol. The molecule has 0 aromatic heterocycles. The average Bonchev–Trinajstić information content (AvgIpc) is 2.30. The van der Waals surface area contributed by atoms with Crippen LogP contribution in [0, 0.1) is 5.82 Å². The van der Waals surface area contributed by atoms with Crippen molar-refractivity contribution in [2.24, 2.45) is 0 Å². The third kappa shape index (κ3) is 2.26. The Bertz CT molecular complexity index is 371. The lowest BCUT2D eigenvalue weighted by Gasteiger charge is -2.23. The van der Waals surface area contributed by atoms with Crippen molar-refractivity contribution in [1.29, 1.82) is 0 Å². The van der Waals surface area contributed by atoms with Crippen molar-refractivity contribution < 1.29 is 4.39 Å². The van der Waals surface area contributed by atoms with Crippen molar-refractivity contribution in [1.82, 2.24) is 5.32 Å². The highest BCUT2D eigenvalue weighted by atomic mass is 19.1. The van der Waals surface area contributed by atoms with Gasteiger partial charge in [-0.1, -0.05) is 31.2 Å². The van der Waals surface area contributed by atoms with Crippen LogP contribution in [-0.2, 0) is 0 Å². The molecule has 15 heavy (non-hydrogen) atoms. The van der Waals surface area contributed by atoms with E-state index in [1.165, 1.54) is 6.07 Å². The second-order valence-corrected chi connectivity index (χ2v) is 3.93. The molecule has 1 unspecified atom stereocenters. The predicted octanol–water partition coefficient (Wildman–Crippen LogP) is 2.98. The standard InChI is InChI=1S/C13H16FN/c1-2-11-9-10(7-8-15-11)12-5-3-4-6-13(12)14/h3-7,11,15H,2,8-9H2,1H3. The van der Waals surface area contributed by atoms with Crippen LogP contribution in [0.1, 0.15) is 25.3 Å². The summed E-state index contributed by atoms with van der Waals surface area (Å²) in [6, 6.07) is 7.50. The van der Waals surface area contributed by atoms with Gasteiger partial charge in [0.2, 0.25) is 0 Å². The lowest BCUT2D eigenvalue weighted by atomic mass is 9.94. The van der Waals surface area contributed by atoms with E-state index in [9.17, 15) is 4.39 Å². The molecule has 1 aromatic carbocycles. The van der Waals surface area contributed by atoms with Crippen LogP contribution in [0.3, 0.4) is 0 Å². The van der Waals surface area contributed by atoms with E-state index in [0.29, 0.717) is 6.04 Å². The topological polar surface area (TPSA) is 12.0 Å². The second-order valence-electron chi connectivity index (χ2n) is 3.93. The van der Waals surface area contributed by atoms with Gasteiger partial charge in [-0.25, -0.2) is 4.39 Å². The van der Waals surface area contributed by atoms with E-state index >= 15 is 0 Å². The normalized spacial score (nSPS) is 21.2. The van der Waals surface area contributed by atoms with Gasteiger partial charge in [-0.05, 0) is 24.5 Å². The molecule has 1 aromatic rings. The van der Waals surface area contributed by atoms with E-state index in [1.807, 2.05) is 12.1 Å². The minimum absolute atomic E-state index is 0.111. The molecule has 1 aliphatic heterocycles. The molecule has 0 amide bonds. The Kier molecular flexibility index (Phi) is 3.17. The number of hydrogen-bond donors (Lipinski definition) is 1. The fourth-order valence-electron chi connectivity index (χ4n) is 2.00. The molecule has 0 aliphatic carbocycles. The van der Waals surface area contributed by atoms with Gasteiger partial charge in [0.05, 0.1) is 0 Å². The summed E-state index contributed by atoms with van der Waals surface area (Å²) < 4.78 is 13.5. The molecule has 0 radical (unpaired) electrons. The number of hydrogen-bond acceptors (Lipinski definition) is 1. The molecular formula is C13H16FN. The minimum Gasteiger partial charge on any atom is -0.310 e. The fourth-order valence-corrected chi connectivity index (χ4v) is 2.00. The third-order valence-corrected chi connectivity index (χ3v) is 2.93. The molecule has 0 saturated heterocycles. The summed E-state index contributed by atoms with van der Waals surface area (Å²) in [5.41, 5.74) is 1.90. The lowest BCUT2D eigenvalue weighted by molar-refractivity contribution is 0.519.